The van der Waals surface area contributed by atoms with Crippen LogP contribution in [0.2, 0.25) is 5.02 Å². The van der Waals surface area contributed by atoms with E-state index in [1.807, 2.05) is 30.3 Å². The standard InChI is InChI=1S/C24H24ClN3O3/c25-19-10-6-7-17(13-19)14-20-15-27-24(31-20)21-11-4-5-12-28(21)22(29)16-26-23(30)18-8-2-1-3-9-18/h1-3,6-10,13,15,21H,4-5,11-12,14,16H2,(H,26,30). The van der Waals surface area contributed by atoms with Crippen molar-refractivity contribution in [2.45, 2.75) is 31.7 Å². The van der Waals surface area contributed by atoms with Crippen molar-refractivity contribution in [3.8, 4) is 0 Å². The lowest BCUT2D eigenvalue weighted by atomic mass is 10.0. The van der Waals surface area contributed by atoms with E-state index in [-0.39, 0.29) is 24.4 Å². The maximum Gasteiger partial charge on any atom is 0.251 e. The van der Waals surface area contributed by atoms with Gasteiger partial charge in [-0.25, -0.2) is 4.98 Å². The molecule has 1 fully saturated rings. The second-order valence-electron chi connectivity index (χ2n) is 7.62. The zero-order valence-corrected chi connectivity index (χ0v) is 17.8. The van der Waals surface area contributed by atoms with Crippen LogP contribution in [-0.4, -0.2) is 34.8 Å². The molecule has 2 amide bonds. The first-order valence-electron chi connectivity index (χ1n) is 10.4. The summed E-state index contributed by atoms with van der Waals surface area (Å²) in [5, 5.41) is 3.40. The monoisotopic (exact) mass is 437 g/mol. The summed E-state index contributed by atoms with van der Waals surface area (Å²) < 4.78 is 6.01. The molecule has 2 aromatic carbocycles. The van der Waals surface area contributed by atoms with Crippen molar-refractivity contribution in [3.63, 3.8) is 0 Å². The molecule has 1 unspecified atom stereocenters. The number of nitrogens with zero attached hydrogens (tertiary/aromatic N) is 2. The van der Waals surface area contributed by atoms with Crippen molar-refractivity contribution in [2.75, 3.05) is 13.1 Å². The smallest absolute Gasteiger partial charge is 0.251 e. The van der Waals surface area contributed by atoms with E-state index >= 15 is 0 Å². The quantitative estimate of drug-likeness (QED) is 0.620. The van der Waals surface area contributed by atoms with Crippen molar-refractivity contribution in [1.29, 1.82) is 0 Å². The molecule has 0 bridgehead atoms. The number of rotatable bonds is 6. The zero-order valence-electron chi connectivity index (χ0n) is 17.1. The first-order chi connectivity index (χ1) is 15.1. The number of nitrogens with one attached hydrogen (secondary N) is 1. The van der Waals surface area contributed by atoms with Crippen LogP contribution in [-0.2, 0) is 11.2 Å². The summed E-state index contributed by atoms with van der Waals surface area (Å²) in [4.78, 5) is 31.4. The Morgan fingerprint density at radius 3 is 2.77 bits per heavy atom. The normalized spacial score (nSPS) is 16.2. The largest absolute Gasteiger partial charge is 0.443 e. The molecule has 3 aromatic rings. The number of aromatic nitrogens is 1. The molecule has 31 heavy (non-hydrogen) atoms. The van der Waals surface area contributed by atoms with E-state index in [1.54, 1.807) is 35.4 Å². The van der Waals surface area contributed by atoms with Crippen molar-refractivity contribution >= 4 is 23.4 Å². The molecular formula is C24H24ClN3O3. The minimum absolute atomic E-state index is 0.0553. The lowest BCUT2D eigenvalue weighted by Crippen LogP contribution is -2.44. The van der Waals surface area contributed by atoms with E-state index in [2.05, 4.69) is 10.3 Å². The van der Waals surface area contributed by atoms with Gasteiger partial charge in [-0.1, -0.05) is 41.9 Å². The van der Waals surface area contributed by atoms with Crippen LogP contribution in [0.3, 0.4) is 0 Å². The van der Waals surface area contributed by atoms with Gasteiger partial charge in [0.25, 0.3) is 5.91 Å². The minimum Gasteiger partial charge on any atom is -0.443 e. The summed E-state index contributed by atoms with van der Waals surface area (Å²) >= 11 is 6.06. The fourth-order valence-electron chi connectivity index (χ4n) is 3.84. The summed E-state index contributed by atoms with van der Waals surface area (Å²) in [7, 11) is 0. The van der Waals surface area contributed by atoms with Gasteiger partial charge in [-0.15, -0.1) is 0 Å². The third-order valence-corrected chi connectivity index (χ3v) is 5.62. The molecule has 0 saturated carbocycles. The third kappa shape index (κ3) is 5.33. The van der Waals surface area contributed by atoms with Crippen LogP contribution < -0.4 is 5.32 Å². The number of hydrogen-bond donors (Lipinski definition) is 1. The van der Waals surface area contributed by atoms with Gasteiger partial charge in [-0.3, -0.25) is 9.59 Å². The van der Waals surface area contributed by atoms with E-state index in [4.69, 9.17) is 16.0 Å². The first-order valence-corrected chi connectivity index (χ1v) is 10.8. The molecule has 1 aliphatic rings. The van der Waals surface area contributed by atoms with Gasteiger partial charge in [0, 0.05) is 23.6 Å². The number of piperidine rings is 1. The van der Waals surface area contributed by atoms with E-state index in [1.165, 1.54) is 0 Å². The highest BCUT2D eigenvalue weighted by atomic mass is 35.5. The van der Waals surface area contributed by atoms with E-state index in [0.29, 0.717) is 29.4 Å². The summed E-state index contributed by atoms with van der Waals surface area (Å²) in [6.45, 7) is 0.566. The minimum atomic E-state index is -0.262. The molecule has 0 radical (unpaired) electrons. The third-order valence-electron chi connectivity index (χ3n) is 5.38. The number of hydrogen-bond acceptors (Lipinski definition) is 4. The van der Waals surface area contributed by atoms with Crippen LogP contribution >= 0.6 is 11.6 Å². The molecule has 6 nitrogen and oxygen atoms in total. The molecule has 4 rings (SSSR count). The van der Waals surface area contributed by atoms with Gasteiger partial charge in [0.05, 0.1) is 12.7 Å². The van der Waals surface area contributed by atoms with Gasteiger partial charge in [-0.2, -0.15) is 0 Å². The average Bonchev–Trinajstić information content (AvgIpc) is 3.26. The highest BCUT2D eigenvalue weighted by molar-refractivity contribution is 6.30. The van der Waals surface area contributed by atoms with Crippen LogP contribution in [0.1, 0.15) is 52.9 Å². The Kier molecular flexibility index (Phi) is 6.67. The van der Waals surface area contributed by atoms with E-state index in [0.717, 1.165) is 30.6 Å². The van der Waals surface area contributed by atoms with Gasteiger partial charge in [0.1, 0.15) is 11.8 Å². The lowest BCUT2D eigenvalue weighted by molar-refractivity contribution is -0.134. The van der Waals surface area contributed by atoms with Crippen molar-refractivity contribution in [1.82, 2.24) is 15.2 Å². The second-order valence-corrected chi connectivity index (χ2v) is 8.06. The Bertz CT molecular complexity index is 1050. The highest BCUT2D eigenvalue weighted by Crippen LogP contribution is 2.31. The van der Waals surface area contributed by atoms with Crippen LogP contribution in [0.15, 0.2) is 65.2 Å². The predicted molar refractivity (Wildman–Crippen MR) is 118 cm³/mol. The number of likely N-dealkylation sites (tertiary alicyclic amines) is 1. The summed E-state index contributed by atoms with van der Waals surface area (Å²) in [6, 6.07) is 16.3. The number of oxazole rings is 1. The first kappa shape index (κ1) is 21.1. The molecule has 1 aromatic heterocycles. The zero-order chi connectivity index (χ0) is 21.6. The molecule has 1 saturated heterocycles. The molecule has 1 atom stereocenters. The number of carbonyl (C=O) groups excluding carboxylic acids is 2. The van der Waals surface area contributed by atoms with Crippen molar-refractivity contribution < 1.29 is 14.0 Å². The molecule has 1 N–H and O–H groups in total. The number of halogens is 1. The van der Waals surface area contributed by atoms with Crippen molar-refractivity contribution in [3.05, 3.63) is 88.6 Å². The van der Waals surface area contributed by atoms with Crippen LogP contribution in [0.25, 0.3) is 0 Å². The number of benzene rings is 2. The summed E-state index contributed by atoms with van der Waals surface area (Å²) in [5.41, 5.74) is 1.57. The fourth-order valence-corrected chi connectivity index (χ4v) is 4.06. The highest BCUT2D eigenvalue weighted by Gasteiger charge is 2.31. The molecule has 1 aliphatic heterocycles. The Labute approximate surface area is 186 Å². The van der Waals surface area contributed by atoms with Crippen molar-refractivity contribution in [2.24, 2.45) is 0 Å². The van der Waals surface area contributed by atoms with Crippen LogP contribution in [0.4, 0.5) is 0 Å². The van der Waals surface area contributed by atoms with Gasteiger partial charge in [0.2, 0.25) is 11.8 Å². The summed E-state index contributed by atoms with van der Waals surface area (Å²) in [5.74, 6) is 0.873. The van der Waals surface area contributed by atoms with Gasteiger partial charge < -0.3 is 14.6 Å². The van der Waals surface area contributed by atoms with Crippen LogP contribution in [0, 0.1) is 0 Å². The topological polar surface area (TPSA) is 75.4 Å². The van der Waals surface area contributed by atoms with E-state index < -0.39 is 0 Å². The average molecular weight is 438 g/mol. The fraction of sp³-hybridized carbons (Fsp3) is 0.292. The van der Waals surface area contributed by atoms with Crippen LogP contribution in [0.5, 0.6) is 0 Å². The van der Waals surface area contributed by atoms with Gasteiger partial charge >= 0.3 is 0 Å². The molecule has 160 valence electrons. The molecule has 7 heteroatoms. The number of amides is 2. The lowest BCUT2D eigenvalue weighted by Gasteiger charge is -2.33. The summed E-state index contributed by atoms with van der Waals surface area (Å²) in [6.07, 6.45) is 5.00. The predicted octanol–water partition coefficient (Wildman–Crippen LogP) is 4.40. The SMILES string of the molecule is O=C(NCC(=O)N1CCCCC1c1ncc(Cc2cccc(Cl)c2)o1)c1ccccc1. The Hall–Kier alpha value is -3.12. The molecule has 0 spiro atoms. The van der Waals surface area contributed by atoms with E-state index in [9.17, 15) is 9.59 Å². The Balaban J connectivity index is 1.41. The van der Waals surface area contributed by atoms with Gasteiger partial charge in [0.15, 0.2) is 0 Å². The molecular weight excluding hydrogens is 414 g/mol. The maximum atomic E-state index is 12.9. The second kappa shape index (κ2) is 9.79. The molecule has 0 aliphatic carbocycles. The molecule has 2 heterocycles. The maximum absolute atomic E-state index is 12.9. The number of carbonyl (C=O) groups is 2. The Morgan fingerprint density at radius 1 is 1.13 bits per heavy atom. The Morgan fingerprint density at radius 2 is 1.97 bits per heavy atom. The van der Waals surface area contributed by atoms with Gasteiger partial charge in [-0.05, 0) is 49.1 Å².